The lowest BCUT2D eigenvalue weighted by molar-refractivity contribution is -0.274. The first-order chi connectivity index (χ1) is 13.9. The van der Waals surface area contributed by atoms with Crippen LogP contribution in [0, 0.1) is 0 Å². The maximum atomic E-state index is 12.4. The number of benzene rings is 2. The molecule has 2 amide bonds. The van der Waals surface area contributed by atoms with Crippen molar-refractivity contribution < 1.29 is 31.1 Å². The summed E-state index contributed by atoms with van der Waals surface area (Å²) in [6.45, 7) is 0. The number of hydrazone groups is 1. The number of amides is 2. The molecule has 162 valence electrons. The number of hydrogen-bond acceptors (Lipinski definition) is 5. The van der Waals surface area contributed by atoms with E-state index in [1.807, 2.05) is 0 Å². The lowest BCUT2D eigenvalue weighted by Gasteiger charge is -2.16. The first-order valence-electron chi connectivity index (χ1n) is 8.40. The molecule has 0 aromatic heterocycles. The molecule has 12 heteroatoms. The molecule has 0 spiro atoms. The SMILES string of the molecule is CN(C)S(=O)(=O)c1ccccc1C/C=N/N(C(N)=O)c1ccc(OC(F)(F)F)cc1. The predicted octanol–water partition coefficient (Wildman–Crippen LogP) is 2.95. The fourth-order valence-corrected chi connectivity index (χ4v) is 3.51. The van der Waals surface area contributed by atoms with Gasteiger partial charge in [0.25, 0.3) is 0 Å². The molecule has 0 aliphatic rings. The van der Waals surface area contributed by atoms with E-state index in [9.17, 15) is 26.4 Å². The van der Waals surface area contributed by atoms with Crippen LogP contribution in [0.25, 0.3) is 0 Å². The minimum atomic E-state index is -4.84. The smallest absolute Gasteiger partial charge is 0.406 e. The van der Waals surface area contributed by atoms with Crippen LogP contribution < -0.4 is 15.5 Å². The van der Waals surface area contributed by atoms with Gasteiger partial charge in [-0.25, -0.2) is 17.5 Å². The van der Waals surface area contributed by atoms with Gasteiger partial charge in [0.1, 0.15) is 5.75 Å². The summed E-state index contributed by atoms with van der Waals surface area (Å²) in [4.78, 5) is 11.8. The number of carbonyl (C=O) groups is 1. The summed E-state index contributed by atoms with van der Waals surface area (Å²) < 4.78 is 66.4. The zero-order valence-corrected chi connectivity index (χ0v) is 16.8. The number of alkyl halides is 3. The molecule has 2 rings (SSSR count). The molecule has 0 saturated carbocycles. The molecular weight excluding hydrogens is 425 g/mol. The number of sulfonamides is 1. The van der Waals surface area contributed by atoms with Gasteiger partial charge in [-0.3, -0.25) is 0 Å². The highest BCUT2D eigenvalue weighted by molar-refractivity contribution is 7.89. The van der Waals surface area contributed by atoms with E-state index in [-0.39, 0.29) is 17.0 Å². The Balaban J connectivity index is 2.23. The largest absolute Gasteiger partial charge is 0.573 e. The van der Waals surface area contributed by atoms with E-state index in [1.165, 1.54) is 38.5 Å². The molecule has 0 radical (unpaired) electrons. The van der Waals surface area contributed by atoms with Crippen molar-refractivity contribution in [2.45, 2.75) is 17.7 Å². The van der Waals surface area contributed by atoms with Gasteiger partial charge in [0.05, 0.1) is 10.6 Å². The first-order valence-corrected chi connectivity index (χ1v) is 9.84. The average molecular weight is 444 g/mol. The van der Waals surface area contributed by atoms with Crippen LogP contribution in [0.5, 0.6) is 5.75 Å². The number of halogens is 3. The Bertz CT molecular complexity index is 1020. The third-order valence-corrected chi connectivity index (χ3v) is 5.68. The van der Waals surface area contributed by atoms with Crippen LogP contribution in [0.15, 0.2) is 58.5 Å². The molecular formula is C18H19F3N4O4S. The highest BCUT2D eigenvalue weighted by atomic mass is 32.2. The molecule has 0 saturated heterocycles. The van der Waals surface area contributed by atoms with Crippen LogP contribution in [0.2, 0.25) is 0 Å². The summed E-state index contributed by atoms with van der Waals surface area (Å²) in [6, 6.07) is 9.66. The zero-order chi connectivity index (χ0) is 22.5. The molecule has 0 fully saturated rings. The Morgan fingerprint density at radius 1 is 1.13 bits per heavy atom. The van der Waals surface area contributed by atoms with Crippen molar-refractivity contribution in [1.29, 1.82) is 0 Å². The summed E-state index contributed by atoms with van der Waals surface area (Å²) in [7, 11) is -0.878. The Labute approximate surface area is 171 Å². The van der Waals surface area contributed by atoms with Crippen LogP contribution in [-0.4, -0.2) is 45.4 Å². The van der Waals surface area contributed by atoms with Gasteiger partial charge in [-0.15, -0.1) is 13.2 Å². The Morgan fingerprint density at radius 2 is 1.73 bits per heavy atom. The number of rotatable bonds is 7. The van der Waals surface area contributed by atoms with Gasteiger partial charge in [-0.05, 0) is 35.9 Å². The summed E-state index contributed by atoms with van der Waals surface area (Å²) in [6.07, 6.45) is -3.51. The molecule has 30 heavy (non-hydrogen) atoms. The number of hydrogen-bond donors (Lipinski definition) is 1. The highest BCUT2D eigenvalue weighted by Crippen LogP contribution is 2.25. The fraction of sp³-hybridized carbons (Fsp3) is 0.222. The van der Waals surface area contributed by atoms with Crippen LogP contribution >= 0.6 is 0 Å². The molecule has 2 aromatic carbocycles. The van der Waals surface area contributed by atoms with Crippen LogP contribution in [0.4, 0.5) is 23.7 Å². The van der Waals surface area contributed by atoms with Gasteiger partial charge in [0.2, 0.25) is 10.0 Å². The van der Waals surface area contributed by atoms with E-state index in [0.717, 1.165) is 21.4 Å². The van der Waals surface area contributed by atoms with Crippen molar-refractivity contribution in [3.05, 3.63) is 54.1 Å². The second kappa shape index (κ2) is 9.13. The normalized spacial score (nSPS) is 12.3. The van der Waals surface area contributed by atoms with E-state index in [2.05, 4.69) is 9.84 Å². The second-order valence-electron chi connectivity index (χ2n) is 6.09. The number of primary amides is 1. The number of ether oxygens (including phenoxy) is 1. The molecule has 0 unspecified atom stereocenters. The third kappa shape index (κ3) is 5.94. The van der Waals surface area contributed by atoms with Gasteiger partial charge >= 0.3 is 12.4 Å². The van der Waals surface area contributed by atoms with Gasteiger partial charge in [-0.2, -0.15) is 10.1 Å². The molecule has 0 heterocycles. The van der Waals surface area contributed by atoms with Crippen molar-refractivity contribution in [1.82, 2.24) is 4.31 Å². The van der Waals surface area contributed by atoms with Crippen molar-refractivity contribution >= 4 is 28.0 Å². The van der Waals surface area contributed by atoms with E-state index in [1.54, 1.807) is 18.2 Å². The average Bonchev–Trinajstić information content (AvgIpc) is 2.65. The third-order valence-electron chi connectivity index (χ3n) is 3.76. The van der Waals surface area contributed by atoms with Crippen LogP contribution in [-0.2, 0) is 16.4 Å². The summed E-state index contributed by atoms with van der Waals surface area (Å²) >= 11 is 0. The number of nitrogens with zero attached hydrogens (tertiary/aromatic N) is 3. The molecule has 2 aromatic rings. The Morgan fingerprint density at radius 3 is 2.27 bits per heavy atom. The number of urea groups is 1. The predicted molar refractivity (Wildman–Crippen MR) is 105 cm³/mol. The van der Waals surface area contributed by atoms with Crippen molar-refractivity contribution in [3.63, 3.8) is 0 Å². The van der Waals surface area contributed by atoms with E-state index >= 15 is 0 Å². The molecule has 0 atom stereocenters. The number of carbonyl (C=O) groups excluding carboxylic acids is 1. The van der Waals surface area contributed by atoms with E-state index in [0.29, 0.717) is 5.56 Å². The maximum absolute atomic E-state index is 12.4. The zero-order valence-electron chi connectivity index (χ0n) is 16.0. The van der Waals surface area contributed by atoms with Crippen LogP contribution in [0.3, 0.4) is 0 Å². The standard InChI is InChI=1S/C18H19F3N4O4S/c1-24(2)30(27,28)16-6-4-3-5-13(16)11-12-23-25(17(22)26)14-7-9-15(10-8-14)29-18(19,20)21/h3-10,12H,11H2,1-2H3,(H2,22,26)/b23-12+. The second-order valence-corrected chi connectivity index (χ2v) is 8.21. The summed E-state index contributed by atoms with van der Waals surface area (Å²) in [5.41, 5.74) is 5.82. The minimum absolute atomic E-state index is 0.0578. The quantitative estimate of drug-likeness (QED) is 0.524. The molecule has 2 N–H and O–H groups in total. The Kier molecular flexibility index (Phi) is 7.05. The van der Waals surface area contributed by atoms with E-state index < -0.39 is 28.2 Å². The van der Waals surface area contributed by atoms with Gasteiger partial charge in [0.15, 0.2) is 0 Å². The molecule has 0 aliphatic heterocycles. The van der Waals surface area contributed by atoms with Crippen LogP contribution in [0.1, 0.15) is 5.56 Å². The topological polar surface area (TPSA) is 105 Å². The summed E-state index contributed by atoms with van der Waals surface area (Å²) in [5, 5.41) is 4.69. The van der Waals surface area contributed by atoms with Crippen molar-refractivity contribution in [3.8, 4) is 5.75 Å². The lowest BCUT2D eigenvalue weighted by atomic mass is 10.2. The lowest BCUT2D eigenvalue weighted by Crippen LogP contribution is -2.31. The molecule has 8 nitrogen and oxygen atoms in total. The summed E-state index contributed by atoms with van der Waals surface area (Å²) in [5.74, 6) is -0.470. The highest BCUT2D eigenvalue weighted by Gasteiger charge is 2.31. The van der Waals surface area contributed by atoms with Gasteiger partial charge in [-0.1, -0.05) is 18.2 Å². The molecule has 0 bridgehead atoms. The minimum Gasteiger partial charge on any atom is -0.406 e. The van der Waals surface area contributed by atoms with Crippen molar-refractivity contribution in [2.75, 3.05) is 19.1 Å². The first kappa shape index (κ1) is 23.2. The number of nitrogens with two attached hydrogens (primary N) is 1. The Hall–Kier alpha value is -3.12. The van der Waals surface area contributed by atoms with Gasteiger partial charge < -0.3 is 10.5 Å². The fourth-order valence-electron chi connectivity index (χ4n) is 2.38. The molecule has 0 aliphatic carbocycles. The van der Waals surface area contributed by atoms with Gasteiger partial charge in [0, 0.05) is 26.7 Å². The maximum Gasteiger partial charge on any atom is 0.573 e. The van der Waals surface area contributed by atoms with E-state index in [4.69, 9.17) is 5.73 Å². The monoisotopic (exact) mass is 444 g/mol. The number of anilines is 1. The van der Waals surface area contributed by atoms with Crippen molar-refractivity contribution in [2.24, 2.45) is 10.8 Å².